The van der Waals surface area contributed by atoms with Crippen molar-refractivity contribution in [2.45, 2.75) is 19.3 Å². The number of nitrogens with zero attached hydrogens (tertiary/aromatic N) is 1. The second-order valence-corrected chi connectivity index (χ2v) is 4.74. The molecule has 0 spiro atoms. The number of amides is 1. The van der Waals surface area contributed by atoms with Gasteiger partial charge in [0.05, 0.1) is 11.8 Å². The number of aliphatic carboxylic acids is 1. The average molecular weight is 247 g/mol. The lowest BCUT2D eigenvalue weighted by atomic mass is 10.00. The zero-order valence-electron chi connectivity index (χ0n) is 10.4. The zero-order valence-corrected chi connectivity index (χ0v) is 10.4. The van der Waals surface area contributed by atoms with Gasteiger partial charge in [0.25, 0.3) is 0 Å². The van der Waals surface area contributed by atoms with E-state index in [0.29, 0.717) is 19.5 Å². The Morgan fingerprint density at radius 3 is 2.56 bits per heavy atom. The van der Waals surface area contributed by atoms with Gasteiger partial charge in [-0.15, -0.1) is 0 Å². The molecule has 96 valence electrons. The summed E-state index contributed by atoms with van der Waals surface area (Å²) >= 11 is 0. The van der Waals surface area contributed by atoms with Crippen molar-refractivity contribution in [3.05, 3.63) is 35.9 Å². The van der Waals surface area contributed by atoms with Crippen molar-refractivity contribution in [1.29, 1.82) is 0 Å². The SMILES string of the molecule is C[C@@H](C(=O)N1CCC(C(=O)O)C1)c1ccccc1. The van der Waals surface area contributed by atoms with Crippen molar-refractivity contribution in [3.8, 4) is 0 Å². The van der Waals surface area contributed by atoms with E-state index in [-0.39, 0.29) is 11.8 Å². The molecule has 0 aliphatic carbocycles. The second kappa shape index (κ2) is 5.21. The van der Waals surface area contributed by atoms with Gasteiger partial charge in [0, 0.05) is 13.1 Å². The van der Waals surface area contributed by atoms with Crippen molar-refractivity contribution in [3.63, 3.8) is 0 Å². The molecule has 0 saturated carbocycles. The predicted octanol–water partition coefficient (Wildman–Crippen LogP) is 1.72. The lowest BCUT2D eigenvalue weighted by Crippen LogP contribution is -2.33. The standard InChI is InChI=1S/C14H17NO3/c1-10(11-5-3-2-4-6-11)13(16)15-8-7-12(9-15)14(17)18/h2-6,10,12H,7-9H2,1H3,(H,17,18)/t10-,12?/m1/s1. The summed E-state index contributed by atoms with van der Waals surface area (Å²) in [7, 11) is 0. The molecule has 4 nitrogen and oxygen atoms in total. The van der Waals surface area contributed by atoms with E-state index in [1.807, 2.05) is 37.3 Å². The molecule has 1 aromatic carbocycles. The normalized spacial score (nSPS) is 20.7. The molecule has 1 unspecified atom stereocenters. The summed E-state index contributed by atoms with van der Waals surface area (Å²) in [6, 6.07) is 9.57. The first-order valence-electron chi connectivity index (χ1n) is 6.16. The number of carbonyl (C=O) groups is 2. The van der Waals surface area contributed by atoms with Crippen molar-refractivity contribution in [2.75, 3.05) is 13.1 Å². The van der Waals surface area contributed by atoms with Crippen LogP contribution in [0.4, 0.5) is 0 Å². The number of hydrogen-bond donors (Lipinski definition) is 1. The number of rotatable bonds is 3. The second-order valence-electron chi connectivity index (χ2n) is 4.74. The third-order valence-corrected chi connectivity index (χ3v) is 3.52. The van der Waals surface area contributed by atoms with E-state index in [0.717, 1.165) is 5.56 Å². The highest BCUT2D eigenvalue weighted by Crippen LogP contribution is 2.23. The van der Waals surface area contributed by atoms with Gasteiger partial charge in [0.15, 0.2) is 0 Å². The van der Waals surface area contributed by atoms with Gasteiger partial charge in [-0.2, -0.15) is 0 Å². The number of carbonyl (C=O) groups excluding carboxylic acids is 1. The van der Waals surface area contributed by atoms with Crippen LogP contribution < -0.4 is 0 Å². The Labute approximate surface area is 106 Å². The Morgan fingerprint density at radius 1 is 1.33 bits per heavy atom. The van der Waals surface area contributed by atoms with Crippen molar-refractivity contribution in [2.24, 2.45) is 5.92 Å². The number of carboxylic acids is 1. The summed E-state index contributed by atoms with van der Waals surface area (Å²) in [6.45, 7) is 2.75. The molecule has 1 fully saturated rings. The highest BCUT2D eigenvalue weighted by atomic mass is 16.4. The summed E-state index contributed by atoms with van der Waals surface area (Å²) in [5, 5.41) is 8.93. The van der Waals surface area contributed by atoms with Crippen LogP contribution in [0.25, 0.3) is 0 Å². The molecule has 0 radical (unpaired) electrons. The lowest BCUT2D eigenvalue weighted by molar-refractivity contribution is -0.141. The van der Waals surface area contributed by atoms with Gasteiger partial charge in [0.1, 0.15) is 0 Å². The summed E-state index contributed by atoms with van der Waals surface area (Å²) in [5.41, 5.74) is 0.973. The minimum atomic E-state index is -0.808. The summed E-state index contributed by atoms with van der Waals surface area (Å²) in [6.07, 6.45) is 0.558. The van der Waals surface area contributed by atoms with Crippen LogP contribution in [0, 0.1) is 5.92 Å². The first kappa shape index (κ1) is 12.6. The van der Waals surface area contributed by atoms with E-state index in [1.54, 1.807) is 4.90 Å². The summed E-state index contributed by atoms with van der Waals surface area (Å²) < 4.78 is 0. The van der Waals surface area contributed by atoms with Gasteiger partial charge >= 0.3 is 5.97 Å². The zero-order chi connectivity index (χ0) is 13.1. The highest BCUT2D eigenvalue weighted by Gasteiger charge is 2.32. The minimum Gasteiger partial charge on any atom is -0.481 e. The molecule has 1 saturated heterocycles. The van der Waals surface area contributed by atoms with Crippen LogP contribution in [0.5, 0.6) is 0 Å². The predicted molar refractivity (Wildman–Crippen MR) is 67.2 cm³/mol. The molecular weight excluding hydrogens is 230 g/mol. The maximum absolute atomic E-state index is 12.2. The number of hydrogen-bond acceptors (Lipinski definition) is 2. The third kappa shape index (κ3) is 2.53. The van der Waals surface area contributed by atoms with Gasteiger partial charge in [-0.25, -0.2) is 0 Å². The number of benzene rings is 1. The molecular formula is C14H17NO3. The van der Waals surface area contributed by atoms with Crippen LogP contribution in [-0.4, -0.2) is 35.0 Å². The van der Waals surface area contributed by atoms with Crippen LogP contribution in [0.3, 0.4) is 0 Å². The fourth-order valence-corrected chi connectivity index (χ4v) is 2.32. The maximum atomic E-state index is 12.2. The van der Waals surface area contributed by atoms with Crippen LogP contribution in [0.2, 0.25) is 0 Å². The smallest absolute Gasteiger partial charge is 0.308 e. The Hall–Kier alpha value is -1.84. The molecule has 1 aliphatic heterocycles. The molecule has 2 rings (SSSR count). The minimum absolute atomic E-state index is 0.0185. The van der Waals surface area contributed by atoms with Crippen LogP contribution >= 0.6 is 0 Å². The number of likely N-dealkylation sites (tertiary alicyclic amines) is 1. The van der Waals surface area contributed by atoms with Gasteiger partial charge in [-0.05, 0) is 18.9 Å². The highest BCUT2D eigenvalue weighted by molar-refractivity contribution is 5.84. The molecule has 1 heterocycles. The van der Waals surface area contributed by atoms with Crippen LogP contribution in [-0.2, 0) is 9.59 Å². The summed E-state index contributed by atoms with van der Waals surface area (Å²) in [5.74, 6) is -1.40. The van der Waals surface area contributed by atoms with E-state index >= 15 is 0 Å². The van der Waals surface area contributed by atoms with Crippen LogP contribution in [0.1, 0.15) is 24.8 Å². The Kier molecular flexibility index (Phi) is 3.65. The molecule has 1 N–H and O–H groups in total. The summed E-state index contributed by atoms with van der Waals surface area (Å²) in [4.78, 5) is 24.8. The first-order valence-corrected chi connectivity index (χ1v) is 6.16. The molecule has 2 atom stereocenters. The van der Waals surface area contributed by atoms with E-state index in [9.17, 15) is 9.59 Å². The molecule has 1 aromatic rings. The maximum Gasteiger partial charge on any atom is 0.308 e. The van der Waals surface area contributed by atoms with Gasteiger partial charge < -0.3 is 10.0 Å². The molecule has 1 aliphatic rings. The largest absolute Gasteiger partial charge is 0.481 e. The lowest BCUT2D eigenvalue weighted by Gasteiger charge is -2.20. The van der Waals surface area contributed by atoms with E-state index in [2.05, 4.69) is 0 Å². The Balaban J connectivity index is 2.02. The van der Waals surface area contributed by atoms with E-state index < -0.39 is 11.9 Å². The fourth-order valence-electron chi connectivity index (χ4n) is 2.32. The Bertz CT molecular complexity index is 444. The first-order chi connectivity index (χ1) is 8.59. The van der Waals surface area contributed by atoms with Gasteiger partial charge in [-0.1, -0.05) is 30.3 Å². The Morgan fingerprint density at radius 2 is 2.00 bits per heavy atom. The quantitative estimate of drug-likeness (QED) is 0.884. The third-order valence-electron chi connectivity index (χ3n) is 3.52. The van der Waals surface area contributed by atoms with Crippen molar-refractivity contribution in [1.82, 2.24) is 4.90 Å². The number of carboxylic acid groups (broad SMARTS) is 1. The van der Waals surface area contributed by atoms with E-state index in [4.69, 9.17) is 5.11 Å². The van der Waals surface area contributed by atoms with Gasteiger partial charge in [0.2, 0.25) is 5.91 Å². The molecule has 0 bridgehead atoms. The average Bonchev–Trinajstić information content (AvgIpc) is 2.88. The van der Waals surface area contributed by atoms with Crippen molar-refractivity contribution >= 4 is 11.9 Å². The van der Waals surface area contributed by atoms with Crippen molar-refractivity contribution < 1.29 is 14.7 Å². The van der Waals surface area contributed by atoms with E-state index in [1.165, 1.54) is 0 Å². The molecule has 0 aromatic heterocycles. The van der Waals surface area contributed by atoms with Gasteiger partial charge in [-0.3, -0.25) is 9.59 Å². The monoisotopic (exact) mass is 247 g/mol. The topological polar surface area (TPSA) is 57.6 Å². The fraction of sp³-hybridized carbons (Fsp3) is 0.429. The molecule has 4 heteroatoms. The van der Waals surface area contributed by atoms with Crippen LogP contribution in [0.15, 0.2) is 30.3 Å². The molecule has 1 amide bonds. The molecule has 18 heavy (non-hydrogen) atoms.